The van der Waals surface area contributed by atoms with Crippen LogP contribution in [0.2, 0.25) is 0 Å². The molecule has 74 valence electrons. The molecule has 6 nitrogen and oxygen atoms in total. The predicted octanol–water partition coefficient (Wildman–Crippen LogP) is 0.0292. The minimum atomic E-state index is 0. The summed E-state index contributed by atoms with van der Waals surface area (Å²) < 4.78 is 1.61. The molecule has 2 aromatic heterocycles. The Kier molecular flexibility index (Phi) is 2.98. The minimum absolute atomic E-state index is 0. The van der Waals surface area contributed by atoms with Crippen molar-refractivity contribution in [3.05, 3.63) is 12.7 Å². The maximum absolute atomic E-state index is 10.3. The quantitative estimate of drug-likeness (QED) is 0.712. The first-order valence-electron chi connectivity index (χ1n) is 3.68. The first-order chi connectivity index (χ1) is 6.33. The van der Waals surface area contributed by atoms with E-state index in [1.807, 2.05) is 0 Å². The van der Waals surface area contributed by atoms with E-state index in [9.17, 15) is 4.79 Å². The summed E-state index contributed by atoms with van der Waals surface area (Å²) in [7, 11) is 0. The molecule has 0 bridgehead atoms. The molecular weight excluding hydrogens is 206 g/mol. The maximum atomic E-state index is 10.3. The normalized spacial score (nSPS) is 9.71. The van der Waals surface area contributed by atoms with Crippen molar-refractivity contribution < 1.29 is 4.79 Å². The van der Waals surface area contributed by atoms with E-state index in [4.69, 9.17) is 5.73 Å². The van der Waals surface area contributed by atoms with Crippen molar-refractivity contribution in [3.8, 4) is 0 Å². The second kappa shape index (κ2) is 4.01. The van der Waals surface area contributed by atoms with Crippen molar-refractivity contribution in [1.82, 2.24) is 19.5 Å². The third-order valence-electron chi connectivity index (χ3n) is 1.70. The standard InChI is InChI=1S/C7H7N5O.ClH/c8-6-5-7(10-3-9-6)12(1-2-13)4-11-5;/h2-4H,1H2,(H2,8,9,10);1H. The molecule has 0 saturated heterocycles. The lowest BCUT2D eigenvalue weighted by molar-refractivity contribution is -0.108. The zero-order valence-electron chi connectivity index (χ0n) is 7.12. The summed E-state index contributed by atoms with van der Waals surface area (Å²) in [6.45, 7) is 0.229. The lowest BCUT2D eigenvalue weighted by Crippen LogP contribution is -1.99. The van der Waals surface area contributed by atoms with Crippen LogP contribution >= 0.6 is 12.4 Å². The number of anilines is 1. The number of halogens is 1. The topological polar surface area (TPSA) is 86.7 Å². The zero-order valence-corrected chi connectivity index (χ0v) is 7.94. The highest BCUT2D eigenvalue weighted by molar-refractivity contribution is 5.85. The lowest BCUT2D eigenvalue weighted by atomic mass is 10.5. The van der Waals surface area contributed by atoms with E-state index in [1.54, 1.807) is 4.57 Å². The van der Waals surface area contributed by atoms with Gasteiger partial charge in [0.15, 0.2) is 11.5 Å². The molecule has 0 aromatic carbocycles. The monoisotopic (exact) mass is 213 g/mol. The van der Waals surface area contributed by atoms with Gasteiger partial charge in [-0.15, -0.1) is 12.4 Å². The highest BCUT2D eigenvalue weighted by atomic mass is 35.5. The van der Waals surface area contributed by atoms with E-state index < -0.39 is 0 Å². The Morgan fingerprint density at radius 2 is 2.21 bits per heavy atom. The maximum Gasteiger partial charge on any atom is 0.165 e. The third-order valence-corrected chi connectivity index (χ3v) is 1.70. The second-order valence-electron chi connectivity index (χ2n) is 2.49. The number of carbonyl (C=O) groups is 1. The molecule has 14 heavy (non-hydrogen) atoms. The molecule has 2 aromatic rings. The number of imidazole rings is 1. The van der Waals surface area contributed by atoms with Gasteiger partial charge in [0.05, 0.1) is 12.9 Å². The first kappa shape index (κ1) is 10.4. The van der Waals surface area contributed by atoms with Gasteiger partial charge < -0.3 is 15.1 Å². The van der Waals surface area contributed by atoms with E-state index in [1.165, 1.54) is 12.7 Å². The summed E-state index contributed by atoms with van der Waals surface area (Å²) in [6, 6.07) is 0. The van der Waals surface area contributed by atoms with Crippen LogP contribution in [0, 0.1) is 0 Å². The number of nitrogens with two attached hydrogens (primary N) is 1. The average Bonchev–Trinajstić information content (AvgIpc) is 2.51. The number of hydrogen-bond donors (Lipinski definition) is 1. The summed E-state index contributed by atoms with van der Waals surface area (Å²) in [5, 5.41) is 0. The van der Waals surface area contributed by atoms with Gasteiger partial charge in [-0.05, 0) is 0 Å². The molecule has 0 fully saturated rings. The SMILES string of the molecule is Cl.Nc1ncnc2c1ncn2CC=O. The van der Waals surface area contributed by atoms with Crippen LogP contribution in [0.5, 0.6) is 0 Å². The molecule has 0 aliphatic rings. The number of hydrogen-bond acceptors (Lipinski definition) is 5. The van der Waals surface area contributed by atoms with Crippen LogP contribution in [-0.4, -0.2) is 25.8 Å². The van der Waals surface area contributed by atoms with Crippen molar-refractivity contribution in [1.29, 1.82) is 0 Å². The van der Waals surface area contributed by atoms with Gasteiger partial charge in [0.2, 0.25) is 0 Å². The highest BCUT2D eigenvalue weighted by Crippen LogP contribution is 2.13. The molecule has 0 aliphatic heterocycles. The Morgan fingerprint density at radius 3 is 2.93 bits per heavy atom. The van der Waals surface area contributed by atoms with Gasteiger partial charge in [-0.1, -0.05) is 0 Å². The van der Waals surface area contributed by atoms with Crippen molar-refractivity contribution >= 4 is 35.7 Å². The summed E-state index contributed by atoms with van der Waals surface area (Å²) in [6.07, 6.45) is 3.64. The number of nitrogens with zero attached hydrogens (tertiary/aromatic N) is 4. The number of aromatic nitrogens is 4. The van der Waals surface area contributed by atoms with Gasteiger partial charge >= 0.3 is 0 Å². The smallest absolute Gasteiger partial charge is 0.165 e. The van der Waals surface area contributed by atoms with Gasteiger partial charge in [0.25, 0.3) is 0 Å². The Balaban J connectivity index is 0.000000980. The van der Waals surface area contributed by atoms with Crippen molar-refractivity contribution in [2.75, 3.05) is 5.73 Å². The van der Waals surface area contributed by atoms with Crippen molar-refractivity contribution in [2.24, 2.45) is 0 Å². The van der Waals surface area contributed by atoms with Crippen LogP contribution in [0.3, 0.4) is 0 Å². The number of carbonyl (C=O) groups excluding carboxylic acids is 1. The number of aldehydes is 1. The van der Waals surface area contributed by atoms with E-state index in [0.29, 0.717) is 17.0 Å². The van der Waals surface area contributed by atoms with E-state index in [-0.39, 0.29) is 19.0 Å². The highest BCUT2D eigenvalue weighted by Gasteiger charge is 2.06. The third kappa shape index (κ3) is 1.51. The molecule has 2 N–H and O–H groups in total. The number of fused-ring (bicyclic) bond motifs is 1. The number of nitrogen functional groups attached to an aromatic ring is 1. The van der Waals surface area contributed by atoms with Gasteiger partial charge in [-0.3, -0.25) is 0 Å². The fourth-order valence-corrected chi connectivity index (χ4v) is 1.11. The van der Waals surface area contributed by atoms with Gasteiger partial charge in [0.1, 0.15) is 18.1 Å². The Labute approximate surface area is 85.6 Å². The van der Waals surface area contributed by atoms with Crippen LogP contribution < -0.4 is 5.73 Å². The van der Waals surface area contributed by atoms with Crippen molar-refractivity contribution in [3.63, 3.8) is 0 Å². The summed E-state index contributed by atoms with van der Waals surface area (Å²) in [5.74, 6) is 0.328. The molecule has 2 rings (SSSR count). The van der Waals surface area contributed by atoms with Crippen LogP contribution in [0.4, 0.5) is 5.82 Å². The van der Waals surface area contributed by atoms with Gasteiger partial charge in [0, 0.05) is 0 Å². The van der Waals surface area contributed by atoms with Crippen LogP contribution in [-0.2, 0) is 11.3 Å². The lowest BCUT2D eigenvalue weighted by Gasteiger charge is -1.96. The molecule has 0 unspecified atom stereocenters. The Bertz CT molecular complexity index is 454. The fraction of sp³-hybridized carbons (Fsp3) is 0.143. The fourth-order valence-electron chi connectivity index (χ4n) is 1.11. The molecule has 0 amide bonds. The minimum Gasteiger partial charge on any atom is -0.382 e. The van der Waals surface area contributed by atoms with Gasteiger partial charge in [-0.25, -0.2) is 15.0 Å². The summed E-state index contributed by atoms with van der Waals surface area (Å²) in [4.78, 5) is 22.0. The first-order valence-corrected chi connectivity index (χ1v) is 3.68. The predicted molar refractivity (Wildman–Crippen MR) is 53.0 cm³/mol. The number of rotatable bonds is 2. The van der Waals surface area contributed by atoms with Gasteiger partial charge in [-0.2, -0.15) is 0 Å². The summed E-state index contributed by atoms with van der Waals surface area (Å²) in [5.41, 5.74) is 6.67. The molecule has 0 saturated carbocycles. The Hall–Kier alpha value is -1.69. The molecule has 0 spiro atoms. The molecule has 0 atom stereocenters. The van der Waals surface area contributed by atoms with E-state index in [0.717, 1.165) is 6.29 Å². The largest absolute Gasteiger partial charge is 0.382 e. The van der Waals surface area contributed by atoms with Crippen LogP contribution in [0.1, 0.15) is 0 Å². The average molecular weight is 214 g/mol. The molecule has 0 radical (unpaired) electrons. The molecular formula is C7H8ClN5O. The van der Waals surface area contributed by atoms with E-state index in [2.05, 4.69) is 15.0 Å². The van der Waals surface area contributed by atoms with Crippen molar-refractivity contribution in [2.45, 2.75) is 6.54 Å². The van der Waals surface area contributed by atoms with Crippen LogP contribution in [0.25, 0.3) is 11.2 Å². The molecule has 0 aliphatic carbocycles. The van der Waals surface area contributed by atoms with E-state index >= 15 is 0 Å². The Morgan fingerprint density at radius 1 is 1.43 bits per heavy atom. The summed E-state index contributed by atoms with van der Waals surface area (Å²) >= 11 is 0. The zero-order chi connectivity index (χ0) is 9.26. The second-order valence-corrected chi connectivity index (χ2v) is 2.49. The molecule has 2 heterocycles. The van der Waals surface area contributed by atoms with Crippen LogP contribution in [0.15, 0.2) is 12.7 Å². The molecule has 7 heteroatoms.